The molecule has 0 aliphatic carbocycles. The van der Waals surface area contributed by atoms with Gasteiger partial charge in [-0.05, 0) is 12.1 Å². The molecule has 86 valence electrons. The second-order valence-corrected chi connectivity index (χ2v) is 3.71. The molecule has 0 atom stereocenters. The van der Waals surface area contributed by atoms with Crippen LogP contribution in [-0.4, -0.2) is 16.9 Å². The van der Waals surface area contributed by atoms with Crippen molar-refractivity contribution in [3.8, 4) is 5.75 Å². The Morgan fingerprint density at radius 1 is 1.38 bits per heavy atom. The molecule has 1 aromatic carbocycles. The molecule has 0 fully saturated rings. The number of carbonyl (C=O) groups is 2. The van der Waals surface area contributed by atoms with Gasteiger partial charge in [0.2, 0.25) is 5.91 Å². The molecule has 0 saturated heterocycles. The Balaban J connectivity index is 3.11. The van der Waals surface area contributed by atoms with Crippen LogP contribution in [0.3, 0.4) is 0 Å². The Kier molecular flexibility index (Phi) is 3.50. The van der Waals surface area contributed by atoms with Crippen LogP contribution in [0.2, 0.25) is 0 Å². The fourth-order valence-corrected chi connectivity index (χ4v) is 1.14. The van der Waals surface area contributed by atoms with Crippen LogP contribution in [0.4, 0.5) is 5.69 Å². The molecule has 5 heteroatoms. The molecule has 0 saturated carbocycles. The highest BCUT2D eigenvalue weighted by Gasteiger charge is 2.16. The Labute approximate surface area is 93.3 Å². The number of phenolic OH excluding ortho intramolecular Hbond substituents is 1. The lowest BCUT2D eigenvalue weighted by Crippen LogP contribution is -2.21. The first-order valence-electron chi connectivity index (χ1n) is 4.86. The largest absolute Gasteiger partial charge is 0.506 e. The molecule has 4 N–H and O–H groups in total. The number of para-hydroxylation sites is 1. The van der Waals surface area contributed by atoms with Gasteiger partial charge in [-0.3, -0.25) is 9.59 Å². The molecule has 1 aromatic rings. The molecule has 0 aliphatic heterocycles. The number of amides is 2. The molecule has 0 bridgehead atoms. The van der Waals surface area contributed by atoms with Gasteiger partial charge in [-0.1, -0.05) is 19.9 Å². The van der Waals surface area contributed by atoms with Crippen LogP contribution < -0.4 is 11.1 Å². The number of hydrogen-bond donors (Lipinski definition) is 3. The van der Waals surface area contributed by atoms with Crippen molar-refractivity contribution in [1.82, 2.24) is 0 Å². The third-order valence-electron chi connectivity index (χ3n) is 2.08. The van der Waals surface area contributed by atoms with Crippen LogP contribution in [0.5, 0.6) is 5.75 Å². The molecule has 0 aliphatic rings. The summed E-state index contributed by atoms with van der Waals surface area (Å²) >= 11 is 0. The van der Waals surface area contributed by atoms with Crippen LogP contribution in [-0.2, 0) is 4.79 Å². The van der Waals surface area contributed by atoms with E-state index in [-0.39, 0.29) is 28.8 Å². The smallest absolute Gasteiger partial charge is 0.250 e. The summed E-state index contributed by atoms with van der Waals surface area (Å²) in [4.78, 5) is 22.6. The summed E-state index contributed by atoms with van der Waals surface area (Å²) in [7, 11) is 0. The van der Waals surface area contributed by atoms with Crippen LogP contribution in [0.25, 0.3) is 0 Å². The number of anilines is 1. The minimum atomic E-state index is -0.699. The van der Waals surface area contributed by atoms with E-state index in [9.17, 15) is 14.7 Å². The summed E-state index contributed by atoms with van der Waals surface area (Å²) < 4.78 is 0. The van der Waals surface area contributed by atoms with Crippen LogP contribution in [0, 0.1) is 5.92 Å². The van der Waals surface area contributed by atoms with E-state index in [0.717, 1.165) is 0 Å². The predicted octanol–water partition coefficient (Wildman–Crippen LogP) is 1.09. The van der Waals surface area contributed by atoms with E-state index in [1.54, 1.807) is 13.8 Å². The molecule has 5 nitrogen and oxygen atoms in total. The topological polar surface area (TPSA) is 92.4 Å². The highest BCUT2D eigenvalue weighted by atomic mass is 16.3. The molecule has 0 spiro atoms. The van der Waals surface area contributed by atoms with Crippen molar-refractivity contribution in [2.45, 2.75) is 13.8 Å². The minimum absolute atomic E-state index is 0.0636. The molecule has 0 heterocycles. The van der Waals surface area contributed by atoms with Crippen molar-refractivity contribution in [1.29, 1.82) is 0 Å². The number of primary amides is 1. The van der Waals surface area contributed by atoms with E-state index in [1.807, 2.05) is 0 Å². The Morgan fingerprint density at radius 3 is 2.50 bits per heavy atom. The zero-order chi connectivity index (χ0) is 12.3. The summed E-state index contributed by atoms with van der Waals surface area (Å²) in [6, 6.07) is 4.31. The SMILES string of the molecule is CC(C)C(=O)Nc1c(O)cccc1C(N)=O. The van der Waals surface area contributed by atoms with Crippen molar-refractivity contribution < 1.29 is 14.7 Å². The highest BCUT2D eigenvalue weighted by Crippen LogP contribution is 2.27. The van der Waals surface area contributed by atoms with Gasteiger partial charge >= 0.3 is 0 Å². The molecule has 0 radical (unpaired) electrons. The zero-order valence-electron chi connectivity index (χ0n) is 9.15. The summed E-state index contributed by atoms with van der Waals surface area (Å²) in [5.41, 5.74) is 5.29. The third-order valence-corrected chi connectivity index (χ3v) is 2.08. The van der Waals surface area contributed by atoms with Gasteiger partial charge in [0.1, 0.15) is 5.75 Å². The van der Waals surface area contributed by atoms with Gasteiger partial charge in [0.05, 0.1) is 11.3 Å². The summed E-state index contributed by atoms with van der Waals surface area (Å²) in [5, 5.41) is 12.0. The van der Waals surface area contributed by atoms with Gasteiger partial charge in [0.25, 0.3) is 5.91 Å². The van der Waals surface area contributed by atoms with Crippen molar-refractivity contribution >= 4 is 17.5 Å². The minimum Gasteiger partial charge on any atom is -0.506 e. The average molecular weight is 222 g/mol. The first-order chi connectivity index (χ1) is 7.43. The van der Waals surface area contributed by atoms with Crippen LogP contribution >= 0.6 is 0 Å². The second-order valence-electron chi connectivity index (χ2n) is 3.71. The Morgan fingerprint density at radius 2 is 2.00 bits per heavy atom. The lowest BCUT2D eigenvalue weighted by molar-refractivity contribution is -0.118. The highest BCUT2D eigenvalue weighted by molar-refractivity contribution is 6.04. The van der Waals surface area contributed by atoms with E-state index in [4.69, 9.17) is 5.73 Å². The molecule has 1 rings (SSSR count). The molecular formula is C11H14N2O3. The number of rotatable bonds is 3. The summed E-state index contributed by atoms with van der Waals surface area (Å²) in [6.07, 6.45) is 0. The average Bonchev–Trinajstić information content (AvgIpc) is 2.20. The predicted molar refractivity (Wildman–Crippen MR) is 60.1 cm³/mol. The molecule has 2 amide bonds. The van der Waals surface area contributed by atoms with Crippen molar-refractivity contribution in [3.05, 3.63) is 23.8 Å². The lowest BCUT2D eigenvalue weighted by atomic mass is 10.1. The maximum absolute atomic E-state index is 11.5. The first kappa shape index (κ1) is 12.0. The number of carbonyl (C=O) groups excluding carboxylic acids is 2. The number of aromatic hydroxyl groups is 1. The number of nitrogens with one attached hydrogen (secondary N) is 1. The van der Waals surface area contributed by atoms with Gasteiger partial charge in [-0.25, -0.2) is 0 Å². The maximum atomic E-state index is 11.5. The zero-order valence-corrected chi connectivity index (χ0v) is 9.15. The van der Waals surface area contributed by atoms with Gasteiger partial charge in [-0.2, -0.15) is 0 Å². The molecule has 16 heavy (non-hydrogen) atoms. The second kappa shape index (κ2) is 4.65. The standard InChI is InChI=1S/C11H14N2O3/c1-6(2)11(16)13-9-7(10(12)15)4-3-5-8(9)14/h3-6,14H,1-2H3,(H2,12,15)(H,13,16). The van der Waals surface area contributed by atoms with Crippen molar-refractivity contribution in [2.75, 3.05) is 5.32 Å². The van der Waals surface area contributed by atoms with E-state index in [0.29, 0.717) is 0 Å². The quantitative estimate of drug-likeness (QED) is 0.668. The van der Waals surface area contributed by atoms with E-state index in [2.05, 4.69) is 5.32 Å². The number of phenols is 1. The van der Waals surface area contributed by atoms with Crippen molar-refractivity contribution in [3.63, 3.8) is 0 Å². The fraction of sp³-hybridized carbons (Fsp3) is 0.273. The van der Waals surface area contributed by atoms with Crippen LogP contribution in [0.1, 0.15) is 24.2 Å². The monoisotopic (exact) mass is 222 g/mol. The van der Waals surface area contributed by atoms with E-state index < -0.39 is 5.91 Å². The maximum Gasteiger partial charge on any atom is 0.250 e. The van der Waals surface area contributed by atoms with Crippen LogP contribution in [0.15, 0.2) is 18.2 Å². The normalized spacial score (nSPS) is 10.2. The van der Waals surface area contributed by atoms with Gasteiger partial charge in [-0.15, -0.1) is 0 Å². The lowest BCUT2D eigenvalue weighted by Gasteiger charge is -2.12. The summed E-state index contributed by atoms with van der Waals surface area (Å²) in [5.74, 6) is -1.41. The van der Waals surface area contributed by atoms with E-state index in [1.165, 1.54) is 18.2 Å². The molecule has 0 unspecified atom stereocenters. The van der Waals surface area contributed by atoms with Gasteiger partial charge in [0.15, 0.2) is 0 Å². The Hall–Kier alpha value is -2.04. The number of benzene rings is 1. The third kappa shape index (κ3) is 2.50. The summed E-state index contributed by atoms with van der Waals surface area (Å²) in [6.45, 7) is 3.42. The first-order valence-corrected chi connectivity index (χ1v) is 4.86. The Bertz CT molecular complexity index is 427. The van der Waals surface area contributed by atoms with Gasteiger partial charge < -0.3 is 16.2 Å². The van der Waals surface area contributed by atoms with E-state index >= 15 is 0 Å². The number of hydrogen-bond acceptors (Lipinski definition) is 3. The fourth-order valence-electron chi connectivity index (χ4n) is 1.14. The molecular weight excluding hydrogens is 208 g/mol. The van der Waals surface area contributed by atoms with Gasteiger partial charge in [0, 0.05) is 5.92 Å². The van der Waals surface area contributed by atoms with Crippen molar-refractivity contribution in [2.24, 2.45) is 11.7 Å². The number of nitrogens with two attached hydrogens (primary N) is 1. The molecule has 0 aromatic heterocycles.